The number of aliphatic imine (C=N–C) groups is 1. The highest BCUT2D eigenvalue weighted by atomic mass is 16.6. The molecule has 0 N–H and O–H groups in total. The van der Waals surface area contributed by atoms with Crippen LogP contribution in [0.1, 0.15) is 54.9 Å². The van der Waals surface area contributed by atoms with E-state index in [2.05, 4.69) is 4.99 Å². The molecule has 0 spiro atoms. The van der Waals surface area contributed by atoms with Crippen molar-refractivity contribution < 1.29 is 23.9 Å². The van der Waals surface area contributed by atoms with Crippen molar-refractivity contribution in [3.05, 3.63) is 0 Å². The van der Waals surface area contributed by atoms with Crippen LogP contribution < -0.4 is 0 Å². The molecule has 21 heavy (non-hydrogen) atoms. The number of ether oxygens (including phenoxy) is 2. The van der Waals surface area contributed by atoms with Crippen LogP contribution in [0.4, 0.5) is 0 Å². The smallest absolute Gasteiger partial charge is 0.332 e. The maximum Gasteiger partial charge on any atom is 0.332 e. The molecule has 0 aliphatic carbocycles. The zero-order valence-electron chi connectivity index (χ0n) is 13.9. The van der Waals surface area contributed by atoms with E-state index in [1.165, 1.54) is 6.08 Å². The van der Waals surface area contributed by atoms with Gasteiger partial charge in [0.05, 0.1) is 6.42 Å². The van der Waals surface area contributed by atoms with Crippen LogP contribution >= 0.6 is 0 Å². The maximum absolute atomic E-state index is 12.0. The minimum Gasteiger partial charge on any atom is -0.460 e. The molecule has 0 aliphatic heterocycles. The molecule has 0 bridgehead atoms. The highest BCUT2D eigenvalue weighted by molar-refractivity contribution is 5.79. The normalized spacial score (nSPS) is 14.6. The van der Waals surface area contributed by atoms with Crippen LogP contribution in [-0.2, 0) is 23.9 Å². The minimum absolute atomic E-state index is 0.0354. The molecule has 0 aromatic rings. The van der Waals surface area contributed by atoms with Crippen LogP contribution in [0, 0.1) is 5.92 Å². The van der Waals surface area contributed by atoms with Gasteiger partial charge in [-0.05, 0) is 41.5 Å². The molecule has 120 valence electrons. The van der Waals surface area contributed by atoms with Gasteiger partial charge in [-0.2, -0.15) is 4.99 Å². The Morgan fingerprint density at radius 2 is 1.52 bits per heavy atom. The second kappa shape index (κ2) is 7.36. The van der Waals surface area contributed by atoms with E-state index in [9.17, 15) is 14.4 Å². The maximum atomic E-state index is 12.0. The molecule has 0 amide bonds. The molecule has 6 nitrogen and oxygen atoms in total. The Kier molecular flexibility index (Phi) is 6.77. The van der Waals surface area contributed by atoms with E-state index in [1.54, 1.807) is 48.5 Å². The zero-order valence-corrected chi connectivity index (χ0v) is 13.9. The number of hydrogen-bond acceptors (Lipinski definition) is 6. The van der Waals surface area contributed by atoms with Gasteiger partial charge in [0.15, 0.2) is 6.04 Å². The summed E-state index contributed by atoms with van der Waals surface area (Å²) >= 11 is 0. The third-order valence-electron chi connectivity index (χ3n) is 2.29. The van der Waals surface area contributed by atoms with E-state index in [0.717, 1.165) is 0 Å². The summed E-state index contributed by atoms with van der Waals surface area (Å²) < 4.78 is 10.4. The first kappa shape index (κ1) is 19.3. The summed E-state index contributed by atoms with van der Waals surface area (Å²) in [7, 11) is 0. The standard InChI is InChI=1S/C15H25NO5/c1-10(8-11(18)20-14(2,3)4)12(16-9-17)13(19)21-15(5,6)7/h10,12H,8H2,1-7H3/t10-,12-/m1/s1. The molecule has 0 fully saturated rings. The third kappa shape index (κ3) is 8.97. The minimum atomic E-state index is -1.06. The summed E-state index contributed by atoms with van der Waals surface area (Å²) in [5, 5.41) is 0. The van der Waals surface area contributed by atoms with Crippen molar-refractivity contribution in [1.29, 1.82) is 0 Å². The van der Waals surface area contributed by atoms with Crippen molar-refractivity contribution in [1.82, 2.24) is 0 Å². The van der Waals surface area contributed by atoms with Crippen LogP contribution in [0.3, 0.4) is 0 Å². The molecule has 0 saturated heterocycles. The molecule has 0 saturated carbocycles. The number of isocyanates is 1. The fourth-order valence-electron chi connectivity index (χ4n) is 1.59. The van der Waals surface area contributed by atoms with Crippen LogP contribution in [0.5, 0.6) is 0 Å². The number of rotatable bonds is 5. The lowest BCUT2D eigenvalue weighted by Gasteiger charge is -2.25. The van der Waals surface area contributed by atoms with Gasteiger partial charge in [0.2, 0.25) is 6.08 Å². The largest absolute Gasteiger partial charge is 0.460 e. The summed E-state index contributed by atoms with van der Waals surface area (Å²) in [4.78, 5) is 37.7. The Morgan fingerprint density at radius 3 is 1.90 bits per heavy atom. The van der Waals surface area contributed by atoms with E-state index in [4.69, 9.17) is 9.47 Å². The van der Waals surface area contributed by atoms with Gasteiger partial charge in [0, 0.05) is 5.92 Å². The van der Waals surface area contributed by atoms with E-state index in [0.29, 0.717) is 0 Å². The van der Waals surface area contributed by atoms with Crippen LogP contribution in [0.2, 0.25) is 0 Å². The van der Waals surface area contributed by atoms with Crippen LogP contribution in [0.15, 0.2) is 4.99 Å². The first-order valence-corrected chi connectivity index (χ1v) is 6.87. The lowest BCUT2D eigenvalue weighted by Crippen LogP contribution is -2.36. The molecule has 0 aliphatic rings. The molecule has 0 heterocycles. The van der Waals surface area contributed by atoms with E-state index in [-0.39, 0.29) is 6.42 Å². The molecule has 0 unspecified atom stereocenters. The highest BCUT2D eigenvalue weighted by Gasteiger charge is 2.32. The van der Waals surface area contributed by atoms with Crippen molar-refractivity contribution in [3.8, 4) is 0 Å². The monoisotopic (exact) mass is 299 g/mol. The van der Waals surface area contributed by atoms with Crippen molar-refractivity contribution in [2.24, 2.45) is 10.9 Å². The van der Waals surface area contributed by atoms with Gasteiger partial charge in [-0.3, -0.25) is 4.79 Å². The summed E-state index contributed by atoms with van der Waals surface area (Å²) in [5.41, 5.74) is -1.30. The van der Waals surface area contributed by atoms with Crippen molar-refractivity contribution in [2.75, 3.05) is 0 Å². The first-order chi connectivity index (χ1) is 9.35. The number of esters is 2. The average molecular weight is 299 g/mol. The Morgan fingerprint density at radius 1 is 1.05 bits per heavy atom. The Bertz CT molecular complexity index is 424. The fourth-order valence-corrected chi connectivity index (χ4v) is 1.59. The molecular formula is C15H25NO5. The van der Waals surface area contributed by atoms with E-state index < -0.39 is 35.1 Å². The van der Waals surface area contributed by atoms with Gasteiger partial charge < -0.3 is 9.47 Å². The Labute approximate surface area is 125 Å². The molecule has 6 heteroatoms. The van der Waals surface area contributed by atoms with Gasteiger partial charge >= 0.3 is 11.9 Å². The predicted molar refractivity (Wildman–Crippen MR) is 77.4 cm³/mol. The Hall–Kier alpha value is -1.68. The number of hydrogen-bond donors (Lipinski definition) is 0. The van der Waals surface area contributed by atoms with Gasteiger partial charge in [0.1, 0.15) is 11.2 Å². The number of carbonyl (C=O) groups is 2. The van der Waals surface area contributed by atoms with Crippen molar-refractivity contribution in [2.45, 2.75) is 72.1 Å². The quantitative estimate of drug-likeness (QED) is 0.442. The lowest BCUT2D eigenvalue weighted by atomic mass is 9.98. The van der Waals surface area contributed by atoms with Crippen molar-refractivity contribution >= 4 is 18.0 Å². The Balaban J connectivity index is 4.85. The summed E-state index contributed by atoms with van der Waals surface area (Å²) in [5.74, 6) is -1.62. The lowest BCUT2D eigenvalue weighted by molar-refractivity contribution is -0.159. The summed E-state index contributed by atoms with van der Waals surface area (Å²) in [6.45, 7) is 12.0. The highest BCUT2D eigenvalue weighted by Crippen LogP contribution is 2.19. The molecule has 0 aromatic carbocycles. The van der Waals surface area contributed by atoms with Gasteiger partial charge in [-0.15, -0.1) is 0 Å². The molecule has 0 rings (SSSR count). The van der Waals surface area contributed by atoms with E-state index in [1.807, 2.05) is 0 Å². The first-order valence-electron chi connectivity index (χ1n) is 6.87. The fraction of sp³-hybridized carbons (Fsp3) is 0.800. The molecule has 0 aromatic heterocycles. The second-order valence-corrected chi connectivity index (χ2v) is 6.97. The number of nitrogens with zero attached hydrogens (tertiary/aromatic N) is 1. The molecular weight excluding hydrogens is 274 g/mol. The average Bonchev–Trinajstić information content (AvgIpc) is 2.19. The predicted octanol–water partition coefficient (Wildman–Crippen LogP) is 2.40. The van der Waals surface area contributed by atoms with Crippen LogP contribution in [-0.4, -0.2) is 35.3 Å². The topological polar surface area (TPSA) is 82.0 Å². The van der Waals surface area contributed by atoms with Crippen molar-refractivity contribution in [3.63, 3.8) is 0 Å². The second-order valence-electron chi connectivity index (χ2n) is 6.97. The van der Waals surface area contributed by atoms with Gasteiger partial charge in [-0.1, -0.05) is 6.92 Å². The van der Waals surface area contributed by atoms with E-state index >= 15 is 0 Å². The number of carbonyl (C=O) groups excluding carboxylic acids is 3. The molecule has 2 atom stereocenters. The van der Waals surface area contributed by atoms with Gasteiger partial charge in [0.25, 0.3) is 0 Å². The summed E-state index contributed by atoms with van der Waals surface area (Å²) in [6, 6.07) is -1.06. The summed E-state index contributed by atoms with van der Waals surface area (Å²) in [6.07, 6.45) is 1.32. The third-order valence-corrected chi connectivity index (χ3v) is 2.29. The van der Waals surface area contributed by atoms with Gasteiger partial charge in [-0.25, -0.2) is 9.59 Å². The zero-order chi connectivity index (χ0) is 16.8. The SMILES string of the molecule is C[C@H](CC(=O)OC(C)(C)C)[C@@H](N=C=O)C(=O)OC(C)(C)C. The molecule has 0 radical (unpaired) electrons. The van der Waals surface area contributed by atoms with Crippen LogP contribution in [0.25, 0.3) is 0 Å².